The normalized spacial score (nSPS) is 15.4. The third kappa shape index (κ3) is 1.36. The van der Waals surface area contributed by atoms with Gasteiger partial charge in [-0.25, -0.2) is 0 Å². The van der Waals surface area contributed by atoms with Gasteiger partial charge in [0.25, 0.3) is 0 Å². The highest BCUT2D eigenvalue weighted by atomic mass is 14.9. The van der Waals surface area contributed by atoms with E-state index in [0.717, 1.165) is 0 Å². The molecule has 0 radical (unpaired) electrons. The maximum absolute atomic E-state index is 3.77. The van der Waals surface area contributed by atoms with E-state index in [1.165, 1.54) is 67.0 Å². The lowest BCUT2D eigenvalue weighted by Gasteiger charge is -2.38. The zero-order valence-corrected chi connectivity index (χ0v) is 15.9. The van der Waals surface area contributed by atoms with Gasteiger partial charge in [-0.15, -0.1) is 0 Å². The van der Waals surface area contributed by atoms with Crippen molar-refractivity contribution in [3.05, 3.63) is 106 Å². The maximum Gasteiger partial charge on any atom is 0.0771 e. The molecule has 3 aliphatic rings. The largest absolute Gasteiger partial charge is 0.355 e. The molecule has 2 aliphatic carbocycles. The van der Waals surface area contributed by atoms with Gasteiger partial charge in [0.05, 0.1) is 5.41 Å². The Morgan fingerprint density at radius 2 is 0.893 bits per heavy atom. The van der Waals surface area contributed by atoms with Crippen LogP contribution in [-0.4, -0.2) is 0 Å². The summed E-state index contributed by atoms with van der Waals surface area (Å²) in [5.74, 6) is 0. The molecule has 132 valence electrons. The second-order valence-electron chi connectivity index (χ2n) is 8.33. The van der Waals surface area contributed by atoms with Crippen LogP contribution in [0.5, 0.6) is 0 Å². The van der Waals surface area contributed by atoms with Crippen LogP contribution >= 0.6 is 0 Å². The Labute approximate surface area is 164 Å². The predicted octanol–water partition coefficient (Wildman–Crippen LogP) is 6.70. The van der Waals surface area contributed by atoms with Gasteiger partial charge in [0, 0.05) is 22.5 Å². The van der Waals surface area contributed by atoms with Crippen LogP contribution in [0.25, 0.3) is 22.3 Å². The van der Waals surface area contributed by atoms with Crippen LogP contribution in [0.4, 0.5) is 11.4 Å². The predicted molar refractivity (Wildman–Crippen MR) is 115 cm³/mol. The van der Waals surface area contributed by atoms with Gasteiger partial charge in [0.2, 0.25) is 0 Å². The topological polar surface area (TPSA) is 12.0 Å². The molecule has 0 aromatic heterocycles. The van der Waals surface area contributed by atoms with Crippen LogP contribution < -0.4 is 5.32 Å². The van der Waals surface area contributed by atoms with Gasteiger partial charge in [0.1, 0.15) is 0 Å². The zero-order valence-electron chi connectivity index (χ0n) is 15.9. The number of nitrogens with one attached hydrogen (secondary N) is 1. The Morgan fingerprint density at radius 3 is 1.36 bits per heavy atom. The Bertz CT molecular complexity index is 1220. The van der Waals surface area contributed by atoms with Gasteiger partial charge >= 0.3 is 0 Å². The van der Waals surface area contributed by atoms with E-state index >= 15 is 0 Å². The first-order valence-electron chi connectivity index (χ1n) is 9.98. The Hall–Kier alpha value is -3.32. The Morgan fingerprint density at radius 1 is 0.500 bits per heavy atom. The van der Waals surface area contributed by atoms with Crippen LogP contribution in [0.2, 0.25) is 0 Å². The summed E-state index contributed by atoms with van der Waals surface area (Å²) in [5, 5.41) is 3.77. The van der Waals surface area contributed by atoms with Crippen LogP contribution in [-0.2, 0) is 5.41 Å². The molecular weight excluding hydrogens is 338 g/mol. The fraction of sp³-hybridized carbons (Fsp3) is 0.111. The SMILES string of the molecule is Cc1cccc2c1C13c4c(C)cccc4-c4cccc(c41)Nc1cccc-2c13. The zero-order chi connectivity index (χ0) is 18.6. The lowest BCUT2D eigenvalue weighted by Crippen LogP contribution is -2.32. The van der Waals surface area contributed by atoms with Gasteiger partial charge in [-0.1, -0.05) is 60.7 Å². The quantitative estimate of drug-likeness (QED) is 0.318. The molecule has 1 heterocycles. The summed E-state index contributed by atoms with van der Waals surface area (Å²) < 4.78 is 0. The minimum atomic E-state index is -0.204. The lowest BCUT2D eigenvalue weighted by atomic mass is 9.66. The molecule has 1 N–H and O–H groups in total. The highest BCUT2D eigenvalue weighted by molar-refractivity contribution is 6.04. The molecule has 0 unspecified atom stereocenters. The first-order chi connectivity index (χ1) is 13.7. The number of rotatable bonds is 0. The molecule has 4 aromatic rings. The van der Waals surface area contributed by atoms with Gasteiger partial charge in [-0.2, -0.15) is 0 Å². The second-order valence-corrected chi connectivity index (χ2v) is 8.33. The smallest absolute Gasteiger partial charge is 0.0771 e. The minimum absolute atomic E-state index is 0.204. The monoisotopic (exact) mass is 357 g/mol. The highest BCUT2D eigenvalue weighted by Crippen LogP contribution is 2.68. The minimum Gasteiger partial charge on any atom is -0.355 e. The van der Waals surface area contributed by atoms with Crippen LogP contribution in [0.3, 0.4) is 0 Å². The van der Waals surface area contributed by atoms with Crippen molar-refractivity contribution in [2.45, 2.75) is 19.3 Å². The van der Waals surface area contributed by atoms with Crippen LogP contribution in [0.1, 0.15) is 33.4 Å². The van der Waals surface area contributed by atoms with Gasteiger partial charge in [-0.3, -0.25) is 0 Å². The van der Waals surface area contributed by atoms with Gasteiger partial charge in [0.15, 0.2) is 0 Å². The van der Waals surface area contributed by atoms with Crippen molar-refractivity contribution in [3.8, 4) is 22.3 Å². The molecular formula is C27H19N. The van der Waals surface area contributed by atoms with Crippen LogP contribution in [0, 0.1) is 13.8 Å². The fourth-order valence-corrected chi connectivity index (χ4v) is 6.24. The van der Waals surface area contributed by atoms with Crippen molar-refractivity contribution in [1.82, 2.24) is 0 Å². The van der Waals surface area contributed by atoms with Gasteiger partial charge < -0.3 is 5.32 Å². The third-order valence-corrected chi connectivity index (χ3v) is 7.02. The number of anilines is 2. The average Bonchev–Trinajstić information content (AvgIpc) is 3.18. The van der Waals surface area contributed by atoms with E-state index in [9.17, 15) is 0 Å². The molecule has 28 heavy (non-hydrogen) atoms. The van der Waals surface area contributed by atoms with E-state index in [-0.39, 0.29) is 5.41 Å². The molecule has 0 saturated heterocycles. The molecule has 0 atom stereocenters. The third-order valence-electron chi connectivity index (χ3n) is 7.02. The van der Waals surface area contributed by atoms with Gasteiger partial charge in [-0.05, 0) is 70.5 Å². The molecule has 1 spiro atoms. The van der Waals surface area contributed by atoms with Crippen molar-refractivity contribution >= 4 is 11.4 Å². The molecule has 1 heteroatoms. The van der Waals surface area contributed by atoms with E-state index < -0.39 is 0 Å². The molecule has 0 amide bonds. The average molecular weight is 357 g/mol. The number of aryl methyl sites for hydroxylation is 2. The van der Waals surface area contributed by atoms with Crippen molar-refractivity contribution in [2.75, 3.05) is 5.32 Å². The van der Waals surface area contributed by atoms with E-state index in [2.05, 4.69) is 92.0 Å². The Kier molecular flexibility index (Phi) is 2.39. The van der Waals surface area contributed by atoms with E-state index in [4.69, 9.17) is 0 Å². The molecule has 0 fully saturated rings. The maximum atomic E-state index is 3.77. The molecule has 0 saturated carbocycles. The molecule has 1 nitrogen and oxygen atoms in total. The van der Waals surface area contributed by atoms with Crippen molar-refractivity contribution in [3.63, 3.8) is 0 Å². The van der Waals surface area contributed by atoms with E-state index in [1.54, 1.807) is 0 Å². The lowest BCUT2D eigenvalue weighted by molar-refractivity contribution is 0.774. The van der Waals surface area contributed by atoms with Crippen molar-refractivity contribution < 1.29 is 0 Å². The molecule has 7 rings (SSSR count). The second kappa shape index (κ2) is 4.56. The van der Waals surface area contributed by atoms with Crippen molar-refractivity contribution in [1.29, 1.82) is 0 Å². The summed E-state index contributed by atoms with van der Waals surface area (Å²) >= 11 is 0. The number of hydrogen-bond acceptors (Lipinski definition) is 1. The standard InChI is InChI=1S/C27H19N/c1-15-7-3-9-17-19-11-5-13-21-25(19)27(23(15)17)24-16(2)8-4-10-18(24)20-12-6-14-22(28-21)26(20)27/h3-14,28H,1-2H3. The summed E-state index contributed by atoms with van der Waals surface area (Å²) in [7, 11) is 0. The summed E-state index contributed by atoms with van der Waals surface area (Å²) in [6.45, 7) is 4.56. The highest BCUT2D eigenvalue weighted by Gasteiger charge is 2.56. The van der Waals surface area contributed by atoms with Crippen LogP contribution in [0.15, 0.2) is 72.8 Å². The van der Waals surface area contributed by atoms with E-state index in [0.29, 0.717) is 0 Å². The van der Waals surface area contributed by atoms with Crippen molar-refractivity contribution in [2.24, 2.45) is 0 Å². The first-order valence-corrected chi connectivity index (χ1v) is 9.98. The van der Waals surface area contributed by atoms with E-state index in [1.807, 2.05) is 0 Å². The summed E-state index contributed by atoms with van der Waals surface area (Å²) in [6, 6.07) is 27.1. The number of benzene rings is 4. The molecule has 4 aromatic carbocycles. The molecule has 1 aliphatic heterocycles. The summed E-state index contributed by atoms with van der Waals surface area (Å²) in [6.07, 6.45) is 0. The summed E-state index contributed by atoms with van der Waals surface area (Å²) in [5.41, 5.74) is 16.4. The number of hydrogen-bond donors (Lipinski definition) is 1. The number of fused-ring (bicyclic) bond motifs is 4. The molecule has 0 bridgehead atoms. The summed E-state index contributed by atoms with van der Waals surface area (Å²) in [4.78, 5) is 0. The first kappa shape index (κ1) is 14.7. The Balaban J connectivity index is 1.83. The fourth-order valence-electron chi connectivity index (χ4n) is 6.24.